The van der Waals surface area contributed by atoms with Crippen molar-refractivity contribution >= 4 is 28.7 Å². The van der Waals surface area contributed by atoms with E-state index < -0.39 is 10.8 Å². The van der Waals surface area contributed by atoms with Gasteiger partial charge in [0.2, 0.25) is 0 Å². The van der Waals surface area contributed by atoms with E-state index in [0.29, 0.717) is 11.4 Å². The molecular formula is C18H17N5O4. The van der Waals surface area contributed by atoms with Crippen LogP contribution in [-0.2, 0) is 4.79 Å². The smallest absolute Gasteiger partial charge is 0.273 e. The Morgan fingerprint density at radius 1 is 1.30 bits per heavy atom. The van der Waals surface area contributed by atoms with Crippen molar-refractivity contribution in [2.75, 3.05) is 23.5 Å². The normalized spacial score (nSPS) is 10.6. The number of nitro benzene ring substituents is 1. The third-order valence-corrected chi connectivity index (χ3v) is 3.59. The SMILES string of the molecule is COc1cc([N+](=O)[O-])ccc1NC(=O)/C(C#N)=C\Nc1ccc(C)cc1N. The number of benzene rings is 2. The number of nitro groups is 1. The zero-order chi connectivity index (χ0) is 20.0. The minimum absolute atomic E-state index is 0.102. The van der Waals surface area contributed by atoms with Crippen LogP contribution in [0.15, 0.2) is 48.2 Å². The van der Waals surface area contributed by atoms with E-state index in [2.05, 4.69) is 10.6 Å². The summed E-state index contributed by atoms with van der Waals surface area (Å²) < 4.78 is 5.05. The van der Waals surface area contributed by atoms with Crippen LogP contribution in [0.25, 0.3) is 0 Å². The standard InChI is InChI=1S/C18H17N5O4/c1-11-3-5-15(14(20)7-11)21-10-12(9-19)18(24)22-16-6-4-13(23(25)26)8-17(16)27-2/h3-8,10,21H,20H2,1-2H3,(H,22,24)/b12-10-. The van der Waals surface area contributed by atoms with Crippen LogP contribution in [0.3, 0.4) is 0 Å². The van der Waals surface area contributed by atoms with E-state index in [1.807, 2.05) is 13.0 Å². The predicted molar refractivity (Wildman–Crippen MR) is 101 cm³/mol. The molecule has 0 radical (unpaired) electrons. The molecule has 0 atom stereocenters. The van der Waals surface area contributed by atoms with Crippen molar-refractivity contribution in [2.24, 2.45) is 0 Å². The van der Waals surface area contributed by atoms with Gasteiger partial charge in [0.1, 0.15) is 17.4 Å². The Labute approximate surface area is 155 Å². The van der Waals surface area contributed by atoms with Crippen LogP contribution in [0, 0.1) is 28.4 Å². The van der Waals surface area contributed by atoms with Crippen LogP contribution in [0.2, 0.25) is 0 Å². The number of nitrogen functional groups attached to an aromatic ring is 1. The number of methoxy groups -OCH3 is 1. The van der Waals surface area contributed by atoms with Crippen LogP contribution in [0.1, 0.15) is 5.56 Å². The number of hydrogen-bond acceptors (Lipinski definition) is 7. The Morgan fingerprint density at radius 2 is 2.00 bits per heavy atom. The van der Waals surface area contributed by atoms with Crippen LogP contribution < -0.4 is 21.1 Å². The molecule has 9 heteroatoms. The fourth-order valence-corrected chi connectivity index (χ4v) is 2.20. The number of rotatable bonds is 6. The molecule has 2 aromatic carbocycles. The molecule has 0 fully saturated rings. The van der Waals surface area contributed by atoms with E-state index in [4.69, 9.17) is 10.5 Å². The lowest BCUT2D eigenvalue weighted by atomic mass is 10.2. The van der Waals surface area contributed by atoms with Gasteiger partial charge in [-0.05, 0) is 30.7 Å². The van der Waals surface area contributed by atoms with Crippen molar-refractivity contribution in [2.45, 2.75) is 6.92 Å². The molecule has 0 saturated heterocycles. The summed E-state index contributed by atoms with van der Waals surface area (Å²) in [6, 6.07) is 10.8. The fraction of sp³-hybridized carbons (Fsp3) is 0.111. The van der Waals surface area contributed by atoms with Crippen LogP contribution in [0.4, 0.5) is 22.7 Å². The number of nitrogens with zero attached hydrogens (tertiary/aromatic N) is 2. The van der Waals surface area contributed by atoms with Crippen molar-refractivity contribution in [3.05, 3.63) is 63.8 Å². The number of ether oxygens (including phenoxy) is 1. The second-order valence-corrected chi connectivity index (χ2v) is 5.50. The maximum Gasteiger partial charge on any atom is 0.273 e. The van der Waals surface area contributed by atoms with E-state index in [0.717, 1.165) is 5.56 Å². The minimum atomic E-state index is -0.706. The van der Waals surface area contributed by atoms with Gasteiger partial charge in [-0.25, -0.2) is 0 Å². The first kappa shape index (κ1) is 19.3. The second-order valence-electron chi connectivity index (χ2n) is 5.50. The Morgan fingerprint density at radius 3 is 2.59 bits per heavy atom. The molecule has 0 bridgehead atoms. The van der Waals surface area contributed by atoms with Crippen LogP contribution in [-0.4, -0.2) is 17.9 Å². The van der Waals surface area contributed by atoms with Gasteiger partial charge >= 0.3 is 0 Å². The van der Waals surface area contributed by atoms with Crippen molar-refractivity contribution in [1.82, 2.24) is 0 Å². The molecule has 0 saturated carbocycles. The van der Waals surface area contributed by atoms with E-state index in [1.54, 1.807) is 18.2 Å². The fourth-order valence-electron chi connectivity index (χ4n) is 2.20. The summed E-state index contributed by atoms with van der Waals surface area (Å²) in [6.45, 7) is 1.89. The highest BCUT2D eigenvalue weighted by atomic mass is 16.6. The number of carbonyl (C=O) groups excluding carboxylic acids is 1. The molecule has 0 aliphatic heterocycles. The highest BCUT2D eigenvalue weighted by Crippen LogP contribution is 2.29. The maximum absolute atomic E-state index is 12.3. The van der Waals surface area contributed by atoms with Crippen molar-refractivity contribution in [3.63, 3.8) is 0 Å². The van der Waals surface area contributed by atoms with Gasteiger partial charge in [-0.1, -0.05) is 6.07 Å². The number of nitriles is 1. The summed E-state index contributed by atoms with van der Waals surface area (Å²) in [5.74, 6) is -0.603. The Balaban J connectivity index is 2.20. The molecule has 4 N–H and O–H groups in total. The largest absolute Gasteiger partial charge is 0.494 e. The first-order valence-corrected chi connectivity index (χ1v) is 7.72. The van der Waals surface area contributed by atoms with Crippen molar-refractivity contribution in [3.8, 4) is 11.8 Å². The lowest BCUT2D eigenvalue weighted by Crippen LogP contribution is -2.15. The molecule has 138 valence electrons. The Kier molecular flexibility index (Phi) is 5.96. The summed E-state index contributed by atoms with van der Waals surface area (Å²) in [7, 11) is 1.32. The van der Waals surface area contributed by atoms with Gasteiger partial charge in [0.15, 0.2) is 0 Å². The van der Waals surface area contributed by atoms with Gasteiger partial charge in [-0.2, -0.15) is 5.26 Å². The van der Waals surface area contributed by atoms with Gasteiger partial charge in [0.25, 0.3) is 11.6 Å². The number of hydrogen-bond donors (Lipinski definition) is 3. The maximum atomic E-state index is 12.3. The zero-order valence-electron chi connectivity index (χ0n) is 14.6. The van der Waals surface area contributed by atoms with E-state index in [9.17, 15) is 20.2 Å². The molecule has 0 aliphatic carbocycles. The Hall–Kier alpha value is -4.06. The summed E-state index contributed by atoms with van der Waals surface area (Å²) in [5.41, 5.74) is 7.68. The van der Waals surface area contributed by atoms with Crippen LogP contribution >= 0.6 is 0 Å². The van der Waals surface area contributed by atoms with E-state index in [1.165, 1.54) is 31.5 Å². The molecule has 0 aliphatic rings. The highest BCUT2D eigenvalue weighted by molar-refractivity contribution is 6.07. The summed E-state index contributed by atoms with van der Waals surface area (Å²) in [6.07, 6.45) is 1.23. The number of nitrogens with one attached hydrogen (secondary N) is 2. The molecule has 2 rings (SSSR count). The first-order valence-electron chi connectivity index (χ1n) is 7.72. The third kappa shape index (κ3) is 4.73. The minimum Gasteiger partial charge on any atom is -0.494 e. The van der Waals surface area contributed by atoms with Gasteiger partial charge in [-0.15, -0.1) is 0 Å². The number of aryl methyl sites for hydroxylation is 1. The van der Waals surface area contributed by atoms with Gasteiger partial charge in [0.05, 0.1) is 35.2 Å². The lowest BCUT2D eigenvalue weighted by molar-refractivity contribution is -0.384. The van der Waals surface area contributed by atoms with Gasteiger partial charge in [-0.3, -0.25) is 14.9 Å². The zero-order valence-corrected chi connectivity index (χ0v) is 14.6. The quantitative estimate of drug-likeness (QED) is 0.234. The molecule has 9 nitrogen and oxygen atoms in total. The number of non-ortho nitro benzene ring substituents is 1. The lowest BCUT2D eigenvalue weighted by Gasteiger charge is -2.10. The molecule has 0 unspecified atom stereocenters. The van der Waals surface area contributed by atoms with Crippen LogP contribution in [0.5, 0.6) is 5.75 Å². The molecule has 0 spiro atoms. The first-order chi connectivity index (χ1) is 12.8. The molecule has 0 heterocycles. The summed E-state index contributed by atoms with van der Waals surface area (Å²) >= 11 is 0. The molecule has 0 aromatic heterocycles. The van der Waals surface area contributed by atoms with E-state index >= 15 is 0 Å². The average molecular weight is 367 g/mol. The summed E-state index contributed by atoms with van der Waals surface area (Å²) in [5, 5.41) is 25.4. The van der Waals surface area contributed by atoms with Crippen molar-refractivity contribution in [1.29, 1.82) is 5.26 Å². The molecule has 2 aromatic rings. The molecule has 27 heavy (non-hydrogen) atoms. The molecular weight excluding hydrogens is 350 g/mol. The van der Waals surface area contributed by atoms with E-state index in [-0.39, 0.29) is 22.7 Å². The number of anilines is 3. The molecule has 1 amide bonds. The number of nitrogens with two attached hydrogens (primary N) is 1. The van der Waals surface area contributed by atoms with Gasteiger partial charge in [0, 0.05) is 12.3 Å². The van der Waals surface area contributed by atoms with Gasteiger partial charge < -0.3 is 21.1 Å². The second kappa shape index (κ2) is 8.35. The Bertz CT molecular complexity index is 963. The predicted octanol–water partition coefficient (Wildman–Crippen LogP) is 2.95. The monoisotopic (exact) mass is 367 g/mol. The summed E-state index contributed by atoms with van der Waals surface area (Å²) in [4.78, 5) is 22.6. The average Bonchev–Trinajstić information content (AvgIpc) is 2.63. The van der Waals surface area contributed by atoms with Crippen molar-refractivity contribution < 1.29 is 14.5 Å². The topological polar surface area (TPSA) is 143 Å². The highest BCUT2D eigenvalue weighted by Gasteiger charge is 2.15. The number of amides is 1. The third-order valence-electron chi connectivity index (χ3n) is 3.59. The number of carbonyl (C=O) groups is 1.